The van der Waals surface area contributed by atoms with E-state index in [0.717, 1.165) is 24.4 Å². The molecule has 1 atom stereocenters. The molecular formula is C19H18ClN3O3S. The Balaban J connectivity index is 1.41. The minimum absolute atomic E-state index is 0.0370. The molecule has 1 N–H and O–H groups in total. The molecule has 140 valence electrons. The van der Waals surface area contributed by atoms with Crippen LogP contribution in [0.2, 0.25) is 5.02 Å². The van der Waals surface area contributed by atoms with E-state index in [1.165, 1.54) is 11.3 Å². The number of halogens is 1. The van der Waals surface area contributed by atoms with Gasteiger partial charge in [0.15, 0.2) is 10.8 Å². The number of aromatic nitrogens is 1. The third-order valence-electron chi connectivity index (χ3n) is 4.47. The Labute approximate surface area is 165 Å². The summed E-state index contributed by atoms with van der Waals surface area (Å²) in [5.74, 6) is 1.27. The first-order chi connectivity index (χ1) is 13.1. The van der Waals surface area contributed by atoms with Gasteiger partial charge < -0.3 is 19.4 Å². The summed E-state index contributed by atoms with van der Waals surface area (Å²) in [6, 6.07) is 9.21. The van der Waals surface area contributed by atoms with E-state index in [1.54, 1.807) is 30.9 Å². The molecule has 2 aromatic heterocycles. The van der Waals surface area contributed by atoms with Crippen LogP contribution in [0.4, 0.5) is 5.69 Å². The second kappa shape index (κ2) is 7.62. The number of carbonyl (C=O) groups is 1. The summed E-state index contributed by atoms with van der Waals surface area (Å²) < 4.78 is 10.8. The number of nitrogens with one attached hydrogen (secondary N) is 1. The molecule has 1 aliphatic heterocycles. The Morgan fingerprint density at radius 2 is 2.33 bits per heavy atom. The van der Waals surface area contributed by atoms with Crippen LogP contribution in [0.15, 0.2) is 46.4 Å². The molecule has 0 spiro atoms. The van der Waals surface area contributed by atoms with E-state index in [-0.39, 0.29) is 11.9 Å². The van der Waals surface area contributed by atoms with E-state index in [4.69, 9.17) is 20.8 Å². The third-order valence-corrected chi connectivity index (χ3v) is 5.57. The monoisotopic (exact) mass is 403 g/mol. The second-order valence-corrected chi connectivity index (χ2v) is 7.53. The SMILES string of the molecule is COc1ccc(Cl)cc1N1CCC(NC(=O)c2csc(-c3ccco3)n2)C1. The Kier molecular flexibility index (Phi) is 5.05. The largest absolute Gasteiger partial charge is 0.495 e. The van der Waals surface area contributed by atoms with Gasteiger partial charge in [-0.05, 0) is 36.8 Å². The van der Waals surface area contributed by atoms with Gasteiger partial charge in [-0.3, -0.25) is 4.79 Å². The minimum Gasteiger partial charge on any atom is -0.495 e. The fraction of sp³-hybridized carbons (Fsp3) is 0.263. The Morgan fingerprint density at radius 3 is 3.11 bits per heavy atom. The number of furan rings is 1. The van der Waals surface area contributed by atoms with Crippen molar-refractivity contribution in [3.05, 3.63) is 52.7 Å². The first-order valence-corrected chi connectivity index (χ1v) is 9.78. The lowest BCUT2D eigenvalue weighted by atomic mass is 10.2. The van der Waals surface area contributed by atoms with Crippen LogP contribution < -0.4 is 15.0 Å². The van der Waals surface area contributed by atoms with E-state index in [1.807, 2.05) is 18.2 Å². The van der Waals surface area contributed by atoms with Gasteiger partial charge in [-0.25, -0.2) is 4.98 Å². The number of anilines is 1. The predicted molar refractivity (Wildman–Crippen MR) is 106 cm³/mol. The number of rotatable bonds is 5. The van der Waals surface area contributed by atoms with Crippen LogP contribution >= 0.6 is 22.9 Å². The molecule has 1 aliphatic rings. The molecule has 27 heavy (non-hydrogen) atoms. The number of hydrogen-bond donors (Lipinski definition) is 1. The van der Waals surface area contributed by atoms with E-state index in [2.05, 4.69) is 15.2 Å². The number of benzene rings is 1. The Hall–Kier alpha value is -2.51. The quantitative estimate of drug-likeness (QED) is 0.695. The molecule has 1 saturated heterocycles. The number of thiazole rings is 1. The van der Waals surface area contributed by atoms with Crippen LogP contribution in [-0.4, -0.2) is 37.1 Å². The summed E-state index contributed by atoms with van der Waals surface area (Å²) in [6.45, 7) is 1.51. The molecule has 4 rings (SSSR count). The van der Waals surface area contributed by atoms with Crippen molar-refractivity contribution in [3.63, 3.8) is 0 Å². The minimum atomic E-state index is -0.172. The highest BCUT2D eigenvalue weighted by Crippen LogP contribution is 2.33. The maximum absolute atomic E-state index is 12.5. The maximum atomic E-state index is 12.5. The second-order valence-electron chi connectivity index (χ2n) is 6.24. The average Bonchev–Trinajstić information content (AvgIpc) is 3.42. The number of nitrogens with zero attached hydrogens (tertiary/aromatic N) is 2. The van der Waals surface area contributed by atoms with Crippen LogP contribution in [0.5, 0.6) is 5.75 Å². The average molecular weight is 404 g/mol. The van der Waals surface area contributed by atoms with Crippen LogP contribution in [0.1, 0.15) is 16.9 Å². The molecule has 3 aromatic rings. The van der Waals surface area contributed by atoms with Gasteiger partial charge >= 0.3 is 0 Å². The standard InChI is InChI=1S/C19H18ClN3O3S/c1-25-16-5-4-12(20)9-15(16)23-7-6-13(10-23)21-18(24)14-11-27-19(22-14)17-3-2-8-26-17/h2-5,8-9,11,13H,6-7,10H2,1H3,(H,21,24). The zero-order valence-corrected chi connectivity index (χ0v) is 16.2. The lowest BCUT2D eigenvalue weighted by molar-refractivity contribution is 0.0936. The summed E-state index contributed by atoms with van der Waals surface area (Å²) in [6.07, 6.45) is 2.43. The summed E-state index contributed by atoms with van der Waals surface area (Å²) in [4.78, 5) is 19.1. The fourth-order valence-corrected chi connectivity index (χ4v) is 4.09. The van der Waals surface area contributed by atoms with E-state index < -0.39 is 0 Å². The van der Waals surface area contributed by atoms with E-state index in [0.29, 0.717) is 28.0 Å². The molecule has 0 aliphatic carbocycles. The molecule has 0 saturated carbocycles. The lowest BCUT2D eigenvalue weighted by Crippen LogP contribution is -2.37. The number of amides is 1. The van der Waals surface area contributed by atoms with Crippen molar-refractivity contribution in [2.24, 2.45) is 0 Å². The molecule has 0 bridgehead atoms. The number of carbonyl (C=O) groups excluding carboxylic acids is 1. The van der Waals surface area contributed by atoms with Gasteiger partial charge in [-0.1, -0.05) is 11.6 Å². The molecule has 0 radical (unpaired) electrons. The molecule has 1 aromatic carbocycles. The first-order valence-electron chi connectivity index (χ1n) is 8.53. The Morgan fingerprint density at radius 1 is 1.44 bits per heavy atom. The fourth-order valence-electron chi connectivity index (χ4n) is 3.16. The molecule has 1 fully saturated rings. The summed E-state index contributed by atoms with van der Waals surface area (Å²) in [7, 11) is 1.64. The zero-order chi connectivity index (χ0) is 18.8. The third kappa shape index (κ3) is 3.79. The van der Waals surface area contributed by atoms with Gasteiger partial charge in [-0.15, -0.1) is 11.3 Å². The van der Waals surface area contributed by atoms with Crippen molar-refractivity contribution >= 4 is 34.5 Å². The van der Waals surface area contributed by atoms with Crippen LogP contribution in [0.25, 0.3) is 10.8 Å². The van der Waals surface area contributed by atoms with E-state index in [9.17, 15) is 4.79 Å². The summed E-state index contributed by atoms with van der Waals surface area (Å²) in [5, 5.41) is 6.17. The van der Waals surface area contributed by atoms with Crippen LogP contribution in [0.3, 0.4) is 0 Å². The topological polar surface area (TPSA) is 67.6 Å². The molecule has 6 nitrogen and oxygen atoms in total. The number of methoxy groups -OCH3 is 1. The zero-order valence-electron chi connectivity index (χ0n) is 14.6. The highest BCUT2D eigenvalue weighted by atomic mass is 35.5. The van der Waals surface area contributed by atoms with Crippen molar-refractivity contribution in [1.29, 1.82) is 0 Å². The van der Waals surface area contributed by atoms with Gasteiger partial charge in [-0.2, -0.15) is 0 Å². The highest BCUT2D eigenvalue weighted by molar-refractivity contribution is 7.13. The highest BCUT2D eigenvalue weighted by Gasteiger charge is 2.27. The van der Waals surface area contributed by atoms with Gasteiger partial charge in [0.25, 0.3) is 5.91 Å². The van der Waals surface area contributed by atoms with Crippen LogP contribution in [-0.2, 0) is 0 Å². The van der Waals surface area contributed by atoms with Crippen molar-refractivity contribution in [2.45, 2.75) is 12.5 Å². The molecule has 1 unspecified atom stereocenters. The van der Waals surface area contributed by atoms with Crippen molar-refractivity contribution in [3.8, 4) is 16.5 Å². The summed E-state index contributed by atoms with van der Waals surface area (Å²) >= 11 is 7.52. The van der Waals surface area contributed by atoms with Crippen molar-refractivity contribution in [2.75, 3.05) is 25.1 Å². The normalized spacial score (nSPS) is 16.5. The van der Waals surface area contributed by atoms with Gasteiger partial charge in [0.2, 0.25) is 0 Å². The van der Waals surface area contributed by atoms with Gasteiger partial charge in [0.05, 0.1) is 19.1 Å². The molecule has 8 heteroatoms. The van der Waals surface area contributed by atoms with Gasteiger partial charge in [0, 0.05) is 29.5 Å². The van der Waals surface area contributed by atoms with Gasteiger partial charge in [0.1, 0.15) is 11.4 Å². The molecular weight excluding hydrogens is 386 g/mol. The van der Waals surface area contributed by atoms with E-state index >= 15 is 0 Å². The van der Waals surface area contributed by atoms with Crippen molar-refractivity contribution < 1.29 is 13.9 Å². The molecule has 3 heterocycles. The van der Waals surface area contributed by atoms with Crippen molar-refractivity contribution in [1.82, 2.24) is 10.3 Å². The first kappa shape index (κ1) is 17.9. The maximum Gasteiger partial charge on any atom is 0.271 e. The smallest absolute Gasteiger partial charge is 0.271 e. The Bertz CT molecular complexity index is 942. The summed E-state index contributed by atoms with van der Waals surface area (Å²) in [5.41, 5.74) is 1.35. The molecule has 1 amide bonds. The lowest BCUT2D eigenvalue weighted by Gasteiger charge is -2.21. The van der Waals surface area contributed by atoms with Crippen LogP contribution in [0, 0.1) is 0 Å². The predicted octanol–water partition coefficient (Wildman–Crippen LogP) is 4.07. The number of ether oxygens (including phenoxy) is 1. The number of hydrogen-bond acceptors (Lipinski definition) is 6.